The van der Waals surface area contributed by atoms with E-state index in [4.69, 9.17) is 14.2 Å². The lowest BCUT2D eigenvalue weighted by Gasteiger charge is -2.24. The molecule has 0 aliphatic heterocycles. The molecule has 2 aromatic carbocycles. The Kier molecular flexibility index (Phi) is 8.80. The fraction of sp³-hybridized carbons (Fsp3) is 0.308. The quantitative estimate of drug-likeness (QED) is 0.300. The first-order valence-electron chi connectivity index (χ1n) is 10.8. The van der Waals surface area contributed by atoms with Crippen molar-refractivity contribution in [3.05, 3.63) is 70.1 Å². The van der Waals surface area contributed by atoms with Gasteiger partial charge in [0.05, 0.1) is 24.4 Å². The van der Waals surface area contributed by atoms with Crippen LogP contribution in [0.5, 0.6) is 17.2 Å². The zero-order valence-corrected chi connectivity index (χ0v) is 21.2. The van der Waals surface area contributed by atoms with Crippen molar-refractivity contribution in [3.8, 4) is 28.5 Å². The Morgan fingerprint density at radius 2 is 1.77 bits per heavy atom. The fourth-order valence-corrected chi connectivity index (χ4v) is 3.88. The molecule has 35 heavy (non-hydrogen) atoms. The molecule has 1 N–H and O–H groups in total. The number of carbonyl (C=O) groups excluding carboxylic acids is 1. The Morgan fingerprint density at radius 1 is 1.06 bits per heavy atom. The van der Waals surface area contributed by atoms with Gasteiger partial charge in [-0.15, -0.1) is 0 Å². The highest BCUT2D eigenvalue weighted by atomic mass is 79.9. The number of pyridine rings is 1. The van der Waals surface area contributed by atoms with Crippen molar-refractivity contribution >= 4 is 21.7 Å². The average molecular weight is 550 g/mol. The lowest BCUT2D eigenvalue weighted by atomic mass is 9.92. The van der Waals surface area contributed by atoms with Gasteiger partial charge in [0, 0.05) is 17.5 Å². The van der Waals surface area contributed by atoms with Crippen LogP contribution < -0.4 is 14.2 Å². The molecule has 0 aliphatic carbocycles. The number of aromatic nitrogens is 1. The SMILES string of the molecule is COc1cc(C(=O)CCC(C)(O)c2ccc(OC)c(-c3ccc(F)c(Br)c3)n2)ccc1OCCF. The number of ether oxygens (including phenoxy) is 3. The van der Waals surface area contributed by atoms with E-state index in [0.717, 1.165) is 0 Å². The molecule has 1 unspecified atom stereocenters. The van der Waals surface area contributed by atoms with E-state index in [0.29, 0.717) is 39.8 Å². The van der Waals surface area contributed by atoms with Crippen molar-refractivity contribution in [2.75, 3.05) is 27.5 Å². The third-order valence-corrected chi connectivity index (χ3v) is 6.09. The number of hydrogen-bond donors (Lipinski definition) is 1. The van der Waals surface area contributed by atoms with Gasteiger partial charge >= 0.3 is 0 Å². The molecule has 1 aromatic heterocycles. The summed E-state index contributed by atoms with van der Waals surface area (Å²) in [5, 5.41) is 11.2. The van der Waals surface area contributed by atoms with Crippen LogP contribution in [0.3, 0.4) is 0 Å². The molecule has 0 fully saturated rings. The van der Waals surface area contributed by atoms with Crippen LogP contribution in [0.25, 0.3) is 11.3 Å². The van der Waals surface area contributed by atoms with Crippen molar-refractivity contribution < 1.29 is 32.9 Å². The Hall–Kier alpha value is -3.04. The topological polar surface area (TPSA) is 77.9 Å². The minimum absolute atomic E-state index is 0.0337. The van der Waals surface area contributed by atoms with E-state index in [1.165, 1.54) is 26.4 Å². The van der Waals surface area contributed by atoms with Crippen LogP contribution in [-0.2, 0) is 5.60 Å². The molecule has 0 saturated heterocycles. The van der Waals surface area contributed by atoms with Crippen LogP contribution in [0.1, 0.15) is 35.8 Å². The summed E-state index contributed by atoms with van der Waals surface area (Å²) in [5.41, 5.74) is 0.332. The summed E-state index contributed by atoms with van der Waals surface area (Å²) in [5.74, 6) is 0.505. The van der Waals surface area contributed by atoms with Crippen molar-refractivity contribution in [1.82, 2.24) is 4.98 Å². The van der Waals surface area contributed by atoms with Gasteiger partial charge in [-0.1, -0.05) is 0 Å². The Balaban J connectivity index is 1.80. The van der Waals surface area contributed by atoms with Gasteiger partial charge in [0.2, 0.25) is 0 Å². The number of benzene rings is 2. The summed E-state index contributed by atoms with van der Waals surface area (Å²) in [6, 6.07) is 12.4. The lowest BCUT2D eigenvalue weighted by Crippen LogP contribution is -2.24. The highest BCUT2D eigenvalue weighted by molar-refractivity contribution is 9.10. The number of rotatable bonds is 11. The molecule has 0 bridgehead atoms. The first kappa shape index (κ1) is 26.6. The molecule has 0 amide bonds. The monoisotopic (exact) mass is 549 g/mol. The molecule has 9 heteroatoms. The number of alkyl halides is 1. The summed E-state index contributed by atoms with van der Waals surface area (Å²) in [6.45, 7) is 0.824. The maximum absolute atomic E-state index is 13.7. The minimum Gasteiger partial charge on any atom is -0.494 e. The van der Waals surface area contributed by atoms with Crippen LogP contribution in [0.15, 0.2) is 53.0 Å². The molecule has 6 nitrogen and oxygen atoms in total. The van der Waals surface area contributed by atoms with Crippen molar-refractivity contribution in [2.45, 2.75) is 25.4 Å². The number of hydrogen-bond acceptors (Lipinski definition) is 6. The Labute approximate surface area is 211 Å². The average Bonchev–Trinajstić information content (AvgIpc) is 2.87. The Morgan fingerprint density at radius 3 is 2.43 bits per heavy atom. The van der Waals surface area contributed by atoms with Gasteiger partial charge in [0.15, 0.2) is 17.3 Å². The Bertz CT molecular complexity index is 1200. The van der Waals surface area contributed by atoms with Crippen LogP contribution in [0, 0.1) is 5.82 Å². The van der Waals surface area contributed by atoms with Gasteiger partial charge in [-0.05, 0) is 77.8 Å². The number of carbonyl (C=O) groups is 1. The molecule has 3 aromatic rings. The number of ketones is 1. The van der Waals surface area contributed by atoms with Crippen LogP contribution in [0.4, 0.5) is 8.78 Å². The van der Waals surface area contributed by atoms with Crippen molar-refractivity contribution in [3.63, 3.8) is 0 Å². The third-order valence-electron chi connectivity index (χ3n) is 5.48. The molecule has 1 heterocycles. The largest absolute Gasteiger partial charge is 0.494 e. The number of nitrogens with zero attached hydrogens (tertiary/aromatic N) is 1. The van der Waals surface area contributed by atoms with Crippen molar-refractivity contribution in [2.24, 2.45) is 0 Å². The highest BCUT2D eigenvalue weighted by Crippen LogP contribution is 2.35. The summed E-state index contributed by atoms with van der Waals surface area (Å²) >= 11 is 3.17. The van der Waals surface area contributed by atoms with Crippen LogP contribution in [-0.4, -0.2) is 43.4 Å². The molecule has 3 rings (SSSR count). The maximum atomic E-state index is 13.7. The molecule has 0 saturated carbocycles. The van der Waals surface area contributed by atoms with Gasteiger partial charge in [0.25, 0.3) is 0 Å². The van der Waals surface area contributed by atoms with E-state index in [2.05, 4.69) is 20.9 Å². The summed E-state index contributed by atoms with van der Waals surface area (Å²) in [7, 11) is 2.93. The van der Waals surface area contributed by atoms with Gasteiger partial charge in [-0.2, -0.15) is 0 Å². The van der Waals surface area contributed by atoms with Crippen LogP contribution >= 0.6 is 15.9 Å². The first-order chi connectivity index (χ1) is 16.7. The van der Waals surface area contributed by atoms with E-state index in [9.17, 15) is 18.7 Å². The number of aliphatic hydroxyl groups is 1. The van der Waals surface area contributed by atoms with Gasteiger partial charge in [0.1, 0.15) is 36.1 Å². The standard InChI is InChI=1S/C26H26BrF2NO5/c1-26(32,11-10-20(31)16-5-7-21(35-13-12-28)23(15-16)34-3)24-9-8-22(33-2)25(30-24)17-4-6-19(29)18(27)14-17/h4-9,14-15,32H,10-13H2,1-3H3. The minimum atomic E-state index is -1.43. The van der Waals surface area contributed by atoms with E-state index < -0.39 is 18.1 Å². The maximum Gasteiger partial charge on any atom is 0.163 e. The molecule has 186 valence electrons. The predicted octanol–water partition coefficient (Wildman–Crippen LogP) is 5.89. The number of Topliss-reactive ketones (excluding diaryl/α,β-unsaturated/α-hetero) is 1. The summed E-state index contributed by atoms with van der Waals surface area (Å²) in [4.78, 5) is 17.4. The van der Waals surface area contributed by atoms with E-state index >= 15 is 0 Å². The lowest BCUT2D eigenvalue weighted by molar-refractivity contribution is 0.0397. The van der Waals surface area contributed by atoms with E-state index in [1.54, 1.807) is 43.3 Å². The molecular weight excluding hydrogens is 524 g/mol. The zero-order chi connectivity index (χ0) is 25.6. The fourth-order valence-electron chi connectivity index (χ4n) is 3.50. The normalized spacial score (nSPS) is 12.7. The predicted molar refractivity (Wildman–Crippen MR) is 131 cm³/mol. The summed E-state index contributed by atoms with van der Waals surface area (Å²) in [6.07, 6.45) is 0.131. The molecule has 1 atom stereocenters. The van der Waals surface area contributed by atoms with Gasteiger partial charge in [-0.3, -0.25) is 4.79 Å². The van der Waals surface area contributed by atoms with Crippen molar-refractivity contribution in [1.29, 1.82) is 0 Å². The number of halogens is 3. The smallest absolute Gasteiger partial charge is 0.163 e. The highest BCUT2D eigenvalue weighted by Gasteiger charge is 2.28. The summed E-state index contributed by atoms with van der Waals surface area (Å²) < 4.78 is 42.3. The first-order valence-corrected chi connectivity index (χ1v) is 11.6. The molecule has 0 spiro atoms. The molecular formula is C26H26BrF2NO5. The van der Waals surface area contributed by atoms with E-state index in [1.807, 2.05) is 0 Å². The van der Waals surface area contributed by atoms with Crippen LogP contribution in [0.2, 0.25) is 0 Å². The van der Waals surface area contributed by atoms with Gasteiger partial charge < -0.3 is 19.3 Å². The molecule has 0 radical (unpaired) electrons. The zero-order valence-electron chi connectivity index (χ0n) is 19.6. The third kappa shape index (κ3) is 6.35. The second-order valence-electron chi connectivity index (χ2n) is 7.98. The van der Waals surface area contributed by atoms with E-state index in [-0.39, 0.29) is 29.7 Å². The second kappa shape index (κ2) is 11.6. The second-order valence-corrected chi connectivity index (χ2v) is 8.83. The van der Waals surface area contributed by atoms with Gasteiger partial charge in [-0.25, -0.2) is 13.8 Å². The number of methoxy groups -OCH3 is 2. The molecule has 0 aliphatic rings.